The maximum Gasteiger partial charge on any atom is 0.272 e. The molecule has 0 radical (unpaired) electrons. The number of Topliss-reactive ketones (excluding diaryl/α,β-unsaturated/α-hetero) is 1. The van der Waals surface area contributed by atoms with Crippen LogP contribution in [0.2, 0.25) is 0 Å². The van der Waals surface area contributed by atoms with Crippen LogP contribution in [-0.2, 0) is 22.6 Å². The quantitative estimate of drug-likeness (QED) is 0.327. The van der Waals surface area contributed by atoms with E-state index in [0.717, 1.165) is 11.1 Å². The van der Waals surface area contributed by atoms with Crippen LogP contribution in [0.4, 0.5) is 4.39 Å². The van der Waals surface area contributed by atoms with Crippen LogP contribution in [0.25, 0.3) is 22.0 Å². The van der Waals surface area contributed by atoms with Crippen molar-refractivity contribution in [1.29, 1.82) is 0 Å². The fourth-order valence-electron chi connectivity index (χ4n) is 4.74. The molecule has 200 valence electrons. The van der Waals surface area contributed by atoms with Gasteiger partial charge in [-0.15, -0.1) is 0 Å². The van der Waals surface area contributed by atoms with E-state index in [1.54, 1.807) is 49.6 Å². The lowest BCUT2D eigenvalue weighted by Crippen LogP contribution is -2.43. The van der Waals surface area contributed by atoms with Gasteiger partial charge in [-0.1, -0.05) is 12.1 Å². The number of benzene rings is 1. The Balaban J connectivity index is 1.42. The standard InChI is InChI=1S/C27H25BrFN7O3/c1-15-31-11-17(12-32-15)16-6-7-21-20(8-16)26(27(39)30-2)34-36(21)14-25(38)35-13-18(29)9-22(35)23(37)10-19-4-3-5-24(28)33-19/h3-8,11-12,18,22H,9-10,13-14H2,1-2H3,(H,30,39)/t18-,22+/m1/s1. The Morgan fingerprint density at radius 2 is 1.90 bits per heavy atom. The van der Waals surface area contributed by atoms with Crippen LogP contribution in [0, 0.1) is 6.92 Å². The van der Waals surface area contributed by atoms with Gasteiger partial charge in [-0.25, -0.2) is 19.3 Å². The van der Waals surface area contributed by atoms with Crippen molar-refractivity contribution in [1.82, 2.24) is 34.9 Å². The third-order valence-electron chi connectivity index (χ3n) is 6.66. The van der Waals surface area contributed by atoms with Gasteiger partial charge in [0.15, 0.2) is 11.5 Å². The number of nitrogens with zero attached hydrogens (tertiary/aromatic N) is 6. The predicted molar refractivity (Wildman–Crippen MR) is 145 cm³/mol. The van der Waals surface area contributed by atoms with Crippen LogP contribution in [0.1, 0.15) is 28.4 Å². The van der Waals surface area contributed by atoms with Gasteiger partial charge < -0.3 is 10.2 Å². The second-order valence-electron chi connectivity index (χ2n) is 9.33. The number of amides is 2. The molecule has 2 amide bonds. The summed E-state index contributed by atoms with van der Waals surface area (Å²) in [5.41, 5.74) is 2.78. The molecule has 1 aromatic carbocycles. The van der Waals surface area contributed by atoms with Crippen molar-refractivity contribution >= 4 is 44.4 Å². The van der Waals surface area contributed by atoms with E-state index in [1.807, 2.05) is 6.07 Å². The minimum Gasteiger partial charge on any atom is -0.354 e. The number of ketones is 1. The molecule has 4 heterocycles. The van der Waals surface area contributed by atoms with Crippen LogP contribution < -0.4 is 5.32 Å². The highest BCUT2D eigenvalue weighted by atomic mass is 79.9. The Kier molecular flexibility index (Phi) is 7.47. The van der Waals surface area contributed by atoms with E-state index < -0.39 is 24.0 Å². The molecule has 1 aliphatic rings. The zero-order valence-corrected chi connectivity index (χ0v) is 22.9. The van der Waals surface area contributed by atoms with Crippen LogP contribution in [0.3, 0.4) is 0 Å². The molecule has 5 rings (SSSR count). The predicted octanol–water partition coefficient (Wildman–Crippen LogP) is 3.07. The lowest BCUT2D eigenvalue weighted by Gasteiger charge is -2.23. The first-order valence-electron chi connectivity index (χ1n) is 12.3. The average molecular weight is 594 g/mol. The molecule has 0 saturated carbocycles. The van der Waals surface area contributed by atoms with Gasteiger partial charge in [0.05, 0.1) is 24.5 Å². The third kappa shape index (κ3) is 5.56. The van der Waals surface area contributed by atoms with Gasteiger partial charge in [0.25, 0.3) is 5.91 Å². The van der Waals surface area contributed by atoms with E-state index in [9.17, 15) is 18.8 Å². The SMILES string of the molecule is CNC(=O)c1nn(CC(=O)N2C[C@H](F)C[C@H]2C(=O)Cc2cccc(Br)n2)c2ccc(-c3cnc(C)nc3)cc12. The minimum atomic E-state index is -1.31. The van der Waals surface area contributed by atoms with Crippen molar-refractivity contribution in [2.45, 2.75) is 38.5 Å². The highest BCUT2D eigenvalue weighted by Crippen LogP contribution is 2.28. The maximum atomic E-state index is 14.5. The second kappa shape index (κ2) is 11.0. The van der Waals surface area contributed by atoms with Crippen LogP contribution in [0.15, 0.2) is 53.4 Å². The number of carbonyl (C=O) groups excluding carboxylic acids is 3. The summed E-state index contributed by atoms with van der Waals surface area (Å²) < 4.78 is 16.5. The van der Waals surface area contributed by atoms with E-state index in [0.29, 0.717) is 27.0 Å². The Morgan fingerprint density at radius 1 is 1.13 bits per heavy atom. The third-order valence-corrected chi connectivity index (χ3v) is 7.10. The lowest BCUT2D eigenvalue weighted by atomic mass is 10.0. The number of hydrogen-bond donors (Lipinski definition) is 1. The highest BCUT2D eigenvalue weighted by Gasteiger charge is 2.39. The summed E-state index contributed by atoms with van der Waals surface area (Å²) in [4.78, 5) is 53.1. The van der Waals surface area contributed by atoms with Crippen LogP contribution in [0.5, 0.6) is 0 Å². The first-order valence-corrected chi connectivity index (χ1v) is 13.1. The Labute approximate surface area is 231 Å². The molecule has 4 aromatic rings. The summed E-state index contributed by atoms with van der Waals surface area (Å²) in [6, 6.07) is 9.71. The molecule has 1 saturated heterocycles. The molecule has 3 aromatic heterocycles. The summed E-state index contributed by atoms with van der Waals surface area (Å²) in [5, 5.41) is 7.54. The normalized spacial score (nSPS) is 17.0. The summed E-state index contributed by atoms with van der Waals surface area (Å²) in [6.07, 6.45) is 1.99. The van der Waals surface area contributed by atoms with Crippen molar-refractivity contribution in [2.75, 3.05) is 13.6 Å². The zero-order valence-electron chi connectivity index (χ0n) is 21.3. The number of alkyl halides is 1. The molecule has 39 heavy (non-hydrogen) atoms. The number of aromatic nitrogens is 5. The fraction of sp³-hybridized carbons (Fsp3) is 0.296. The number of rotatable bonds is 7. The fourth-order valence-corrected chi connectivity index (χ4v) is 5.12. The van der Waals surface area contributed by atoms with Gasteiger partial charge in [-0.05, 0) is 52.7 Å². The van der Waals surface area contributed by atoms with Gasteiger partial charge in [0, 0.05) is 42.5 Å². The van der Waals surface area contributed by atoms with Crippen molar-refractivity contribution in [2.24, 2.45) is 0 Å². The molecular formula is C27H25BrFN7O3. The summed E-state index contributed by atoms with van der Waals surface area (Å²) in [5.74, 6) is -0.516. The topological polar surface area (TPSA) is 123 Å². The monoisotopic (exact) mass is 593 g/mol. The van der Waals surface area contributed by atoms with E-state index in [4.69, 9.17) is 0 Å². The van der Waals surface area contributed by atoms with Crippen molar-refractivity contribution in [3.05, 3.63) is 70.6 Å². The molecule has 0 unspecified atom stereocenters. The van der Waals surface area contributed by atoms with E-state index in [1.165, 1.54) is 16.6 Å². The number of pyridine rings is 1. The molecule has 0 spiro atoms. The average Bonchev–Trinajstić information content (AvgIpc) is 3.49. The van der Waals surface area contributed by atoms with Gasteiger partial charge in [0.2, 0.25) is 5.91 Å². The zero-order chi connectivity index (χ0) is 27.7. The molecular weight excluding hydrogens is 569 g/mol. The molecule has 0 aliphatic carbocycles. The molecule has 12 heteroatoms. The summed E-state index contributed by atoms with van der Waals surface area (Å²) in [7, 11) is 1.50. The van der Waals surface area contributed by atoms with Gasteiger partial charge in [-0.2, -0.15) is 5.10 Å². The molecule has 10 nitrogen and oxygen atoms in total. The first-order chi connectivity index (χ1) is 18.7. The largest absolute Gasteiger partial charge is 0.354 e. The van der Waals surface area contributed by atoms with Gasteiger partial charge >= 0.3 is 0 Å². The van der Waals surface area contributed by atoms with Gasteiger partial charge in [0.1, 0.15) is 23.1 Å². The van der Waals surface area contributed by atoms with E-state index in [2.05, 4.69) is 41.3 Å². The Hall–Kier alpha value is -4.06. The summed E-state index contributed by atoms with van der Waals surface area (Å²) >= 11 is 3.28. The van der Waals surface area contributed by atoms with Crippen molar-refractivity contribution in [3.63, 3.8) is 0 Å². The van der Waals surface area contributed by atoms with Gasteiger partial charge in [-0.3, -0.25) is 19.1 Å². The number of aryl methyl sites for hydroxylation is 1. The smallest absolute Gasteiger partial charge is 0.272 e. The van der Waals surface area contributed by atoms with Crippen LogP contribution in [-0.4, -0.2) is 73.0 Å². The molecule has 0 bridgehead atoms. The van der Waals surface area contributed by atoms with Crippen molar-refractivity contribution < 1.29 is 18.8 Å². The summed E-state index contributed by atoms with van der Waals surface area (Å²) in [6.45, 7) is 1.35. The molecule has 1 N–H and O–H groups in total. The van der Waals surface area contributed by atoms with Crippen molar-refractivity contribution in [3.8, 4) is 11.1 Å². The number of hydrogen-bond acceptors (Lipinski definition) is 7. The number of carbonyl (C=O) groups is 3. The van der Waals surface area contributed by atoms with E-state index >= 15 is 0 Å². The number of fused-ring (bicyclic) bond motifs is 1. The Bertz CT molecular complexity index is 1570. The number of halogens is 2. The highest BCUT2D eigenvalue weighted by molar-refractivity contribution is 9.10. The molecule has 1 fully saturated rings. The lowest BCUT2D eigenvalue weighted by molar-refractivity contribution is -0.138. The van der Waals surface area contributed by atoms with Crippen LogP contribution >= 0.6 is 15.9 Å². The molecule has 1 aliphatic heterocycles. The second-order valence-corrected chi connectivity index (χ2v) is 10.1. The number of nitrogens with one attached hydrogen (secondary N) is 1. The number of likely N-dealkylation sites (tertiary alicyclic amines) is 1. The first kappa shape index (κ1) is 26.5. The maximum absolute atomic E-state index is 14.5. The molecule has 2 atom stereocenters. The van der Waals surface area contributed by atoms with E-state index in [-0.39, 0.29) is 37.4 Å². The minimum absolute atomic E-state index is 0.0162. The Morgan fingerprint density at radius 3 is 2.62 bits per heavy atom.